The van der Waals surface area contributed by atoms with Gasteiger partial charge in [-0.2, -0.15) is 0 Å². The topological polar surface area (TPSA) is 0 Å². The second-order valence-corrected chi connectivity index (χ2v) is 7.93. The number of hydrogen-bond acceptors (Lipinski definition) is 0. The Morgan fingerprint density at radius 2 is 1.89 bits per heavy atom. The van der Waals surface area contributed by atoms with Crippen molar-refractivity contribution in [3.8, 4) is 0 Å². The zero-order valence-corrected chi connectivity index (χ0v) is 6.62. The Morgan fingerprint density at radius 3 is 2.67 bits per heavy atom. The zero-order chi connectivity index (χ0) is 5.90. The van der Waals surface area contributed by atoms with Crippen molar-refractivity contribution in [2.45, 2.75) is 36.2 Å². The molecule has 1 heteroatoms. The largest absolute Gasteiger partial charge is 0.234 e. The third kappa shape index (κ3) is 0.450. The highest BCUT2D eigenvalue weighted by Crippen LogP contribution is 2.81. The molecule has 3 aliphatic heterocycles. The van der Waals surface area contributed by atoms with Crippen molar-refractivity contribution in [3.05, 3.63) is 0 Å². The van der Waals surface area contributed by atoms with Crippen molar-refractivity contribution in [1.29, 1.82) is 0 Å². The standard InChI is InChI=1S/C8H14S/c1-2-7-3-4-8-6-9(7,8)5-1/h7-8H,1-6H2. The minimum atomic E-state index is 0.157. The van der Waals surface area contributed by atoms with E-state index in [2.05, 4.69) is 0 Å². The van der Waals surface area contributed by atoms with Crippen LogP contribution >= 0.6 is 10.0 Å². The fraction of sp³-hybridized carbons (Fsp3) is 1.00. The molecule has 3 rings (SSSR count). The molecule has 0 nitrogen and oxygen atoms in total. The van der Waals surface area contributed by atoms with Crippen LogP contribution in [0, 0.1) is 0 Å². The van der Waals surface area contributed by atoms with Crippen molar-refractivity contribution in [1.82, 2.24) is 0 Å². The number of rotatable bonds is 0. The van der Waals surface area contributed by atoms with Gasteiger partial charge in [0.2, 0.25) is 0 Å². The molecule has 1 spiro atoms. The van der Waals surface area contributed by atoms with E-state index in [1.807, 2.05) is 0 Å². The Labute approximate surface area is 58.3 Å². The lowest BCUT2D eigenvalue weighted by Crippen LogP contribution is -1.97. The van der Waals surface area contributed by atoms with Crippen LogP contribution in [0.25, 0.3) is 0 Å². The molecule has 0 radical (unpaired) electrons. The first-order valence-corrected chi connectivity index (χ1v) is 6.28. The summed E-state index contributed by atoms with van der Waals surface area (Å²) in [6, 6.07) is 0. The van der Waals surface area contributed by atoms with Gasteiger partial charge in [-0.25, -0.2) is 10.0 Å². The van der Waals surface area contributed by atoms with Crippen LogP contribution in [0.3, 0.4) is 0 Å². The van der Waals surface area contributed by atoms with Crippen LogP contribution in [0.4, 0.5) is 0 Å². The molecule has 3 unspecified atom stereocenters. The van der Waals surface area contributed by atoms with Crippen LogP contribution in [0.15, 0.2) is 0 Å². The van der Waals surface area contributed by atoms with E-state index in [9.17, 15) is 0 Å². The minimum Gasteiger partial charge on any atom is -0.234 e. The molecule has 52 valence electrons. The lowest BCUT2D eigenvalue weighted by molar-refractivity contribution is 0.697. The second kappa shape index (κ2) is 1.34. The van der Waals surface area contributed by atoms with Crippen LogP contribution < -0.4 is 0 Å². The zero-order valence-electron chi connectivity index (χ0n) is 5.81. The van der Waals surface area contributed by atoms with Gasteiger partial charge in [-0.1, -0.05) is 0 Å². The Morgan fingerprint density at radius 1 is 1.00 bits per heavy atom. The normalized spacial score (nSPS) is 68.4. The quantitative estimate of drug-likeness (QED) is 0.454. The highest BCUT2D eigenvalue weighted by atomic mass is 32.3. The molecule has 0 N–H and O–H groups in total. The Bertz CT molecular complexity index is 153. The van der Waals surface area contributed by atoms with Gasteiger partial charge in [0, 0.05) is 0 Å². The summed E-state index contributed by atoms with van der Waals surface area (Å²) in [5.41, 5.74) is 0. The van der Waals surface area contributed by atoms with E-state index >= 15 is 0 Å². The van der Waals surface area contributed by atoms with Crippen LogP contribution in [-0.2, 0) is 0 Å². The molecule has 3 fully saturated rings. The first-order valence-electron chi connectivity index (χ1n) is 4.18. The molecule has 0 bridgehead atoms. The van der Waals surface area contributed by atoms with Gasteiger partial charge in [0.05, 0.1) is 0 Å². The molecule has 0 aliphatic carbocycles. The molecule has 0 aromatic carbocycles. The third-order valence-corrected chi connectivity index (χ3v) is 8.74. The van der Waals surface area contributed by atoms with Crippen molar-refractivity contribution >= 4 is 10.0 Å². The molecule has 3 heterocycles. The summed E-state index contributed by atoms with van der Waals surface area (Å²) in [6.45, 7) is 0. The van der Waals surface area contributed by atoms with Gasteiger partial charge < -0.3 is 0 Å². The van der Waals surface area contributed by atoms with Crippen LogP contribution in [0.5, 0.6) is 0 Å². The van der Waals surface area contributed by atoms with Gasteiger partial charge in [-0.3, -0.25) is 0 Å². The molecule has 0 aromatic heterocycles. The monoisotopic (exact) mass is 142 g/mol. The van der Waals surface area contributed by atoms with E-state index in [1.165, 1.54) is 10.5 Å². The van der Waals surface area contributed by atoms with E-state index < -0.39 is 0 Å². The minimum absolute atomic E-state index is 0.157. The lowest BCUT2D eigenvalue weighted by atomic mass is 10.1. The van der Waals surface area contributed by atoms with Crippen molar-refractivity contribution in [2.24, 2.45) is 0 Å². The molecule has 3 saturated heterocycles. The van der Waals surface area contributed by atoms with Gasteiger partial charge >= 0.3 is 0 Å². The second-order valence-electron chi connectivity index (χ2n) is 3.84. The first-order chi connectivity index (χ1) is 4.42. The molecule has 0 amide bonds. The van der Waals surface area contributed by atoms with E-state index in [1.54, 1.807) is 37.2 Å². The highest BCUT2D eigenvalue weighted by molar-refractivity contribution is 8.40. The summed E-state index contributed by atoms with van der Waals surface area (Å²) >= 11 is 0. The molecule has 3 atom stereocenters. The fourth-order valence-corrected chi connectivity index (χ4v) is 8.52. The number of hydrogen-bond donors (Lipinski definition) is 0. The summed E-state index contributed by atoms with van der Waals surface area (Å²) in [7, 11) is 0.157. The Hall–Kier alpha value is 0.350. The van der Waals surface area contributed by atoms with Crippen LogP contribution in [0.2, 0.25) is 0 Å². The van der Waals surface area contributed by atoms with Crippen molar-refractivity contribution < 1.29 is 0 Å². The predicted molar refractivity (Wildman–Crippen MR) is 43.4 cm³/mol. The lowest BCUT2D eigenvalue weighted by Gasteiger charge is -2.17. The van der Waals surface area contributed by atoms with Crippen LogP contribution in [-0.4, -0.2) is 22.0 Å². The summed E-state index contributed by atoms with van der Waals surface area (Å²) in [5, 5.41) is 2.58. The third-order valence-electron chi connectivity index (χ3n) is 3.57. The SMILES string of the molecule is C1CC2CCC3CS23C1. The summed E-state index contributed by atoms with van der Waals surface area (Å²) < 4.78 is 0. The summed E-state index contributed by atoms with van der Waals surface area (Å²) in [5.74, 6) is 3.39. The molecule has 0 saturated carbocycles. The molecular weight excluding hydrogens is 128 g/mol. The van der Waals surface area contributed by atoms with E-state index in [4.69, 9.17) is 0 Å². The summed E-state index contributed by atoms with van der Waals surface area (Å²) in [6.07, 6.45) is 6.46. The molecule has 9 heavy (non-hydrogen) atoms. The van der Waals surface area contributed by atoms with E-state index in [0.29, 0.717) is 0 Å². The van der Waals surface area contributed by atoms with Crippen LogP contribution in [0.1, 0.15) is 25.7 Å². The van der Waals surface area contributed by atoms with Gasteiger partial charge in [-0.15, -0.1) is 0 Å². The molecule has 3 aliphatic rings. The Kier molecular flexibility index (Phi) is 0.753. The maximum Gasteiger partial charge on any atom is -0.00320 e. The van der Waals surface area contributed by atoms with E-state index in [-0.39, 0.29) is 10.0 Å². The average Bonchev–Trinajstić information content (AvgIpc) is 2.30. The maximum absolute atomic E-state index is 1.71. The van der Waals surface area contributed by atoms with Gasteiger partial charge in [0.15, 0.2) is 0 Å². The average molecular weight is 142 g/mol. The van der Waals surface area contributed by atoms with E-state index in [0.717, 1.165) is 0 Å². The first kappa shape index (κ1) is 5.06. The smallest absolute Gasteiger partial charge is 0.00320 e. The van der Waals surface area contributed by atoms with Gasteiger partial charge in [-0.05, 0) is 47.7 Å². The molecule has 0 aromatic rings. The fourth-order valence-electron chi connectivity index (χ4n) is 3.02. The Balaban J connectivity index is 1.99. The van der Waals surface area contributed by atoms with Gasteiger partial charge in [0.25, 0.3) is 0 Å². The molecular formula is C8H14S. The summed E-state index contributed by atoms with van der Waals surface area (Å²) in [4.78, 5) is 0. The highest BCUT2D eigenvalue weighted by Gasteiger charge is 2.59. The maximum atomic E-state index is 1.71. The van der Waals surface area contributed by atoms with Crippen molar-refractivity contribution in [2.75, 3.05) is 11.5 Å². The van der Waals surface area contributed by atoms with Gasteiger partial charge in [0.1, 0.15) is 0 Å². The predicted octanol–water partition coefficient (Wildman–Crippen LogP) is 2.13. The van der Waals surface area contributed by atoms with Crippen molar-refractivity contribution in [3.63, 3.8) is 0 Å².